The lowest BCUT2D eigenvalue weighted by Gasteiger charge is -2.28. The van der Waals surface area contributed by atoms with E-state index < -0.39 is 0 Å². The Bertz CT molecular complexity index is 311. The van der Waals surface area contributed by atoms with Crippen LogP contribution in [-0.4, -0.2) is 27.0 Å². The van der Waals surface area contributed by atoms with Crippen LogP contribution in [0.2, 0.25) is 0 Å². The third-order valence-electron chi connectivity index (χ3n) is 3.20. The van der Waals surface area contributed by atoms with E-state index in [1.54, 1.807) is 6.20 Å². The Hall–Kier alpha value is -0.870. The van der Waals surface area contributed by atoms with Crippen LogP contribution in [0.25, 0.3) is 0 Å². The van der Waals surface area contributed by atoms with Crippen LogP contribution < -0.4 is 5.32 Å². The number of hydrogen-bond donors (Lipinski definition) is 2. The van der Waals surface area contributed by atoms with Gasteiger partial charge in [-0.15, -0.1) is 0 Å². The molecule has 1 aromatic heterocycles. The fourth-order valence-electron chi connectivity index (χ4n) is 2.16. The molecule has 1 fully saturated rings. The van der Waals surface area contributed by atoms with Crippen molar-refractivity contribution < 1.29 is 5.11 Å². The molecule has 1 heterocycles. The van der Waals surface area contributed by atoms with Gasteiger partial charge in [-0.1, -0.05) is 12.8 Å². The summed E-state index contributed by atoms with van der Waals surface area (Å²) >= 11 is 0. The molecule has 15 heavy (non-hydrogen) atoms. The van der Waals surface area contributed by atoms with Crippen LogP contribution in [0.4, 0.5) is 0 Å². The van der Waals surface area contributed by atoms with Crippen molar-refractivity contribution in [1.29, 1.82) is 0 Å². The summed E-state index contributed by atoms with van der Waals surface area (Å²) < 4.78 is 1.86. The molecular formula is C11H19N3O. The lowest BCUT2D eigenvalue weighted by Crippen LogP contribution is -2.41. The highest BCUT2D eigenvalue weighted by molar-refractivity contribution is 5.00. The SMILES string of the molecule is Cn1nccc1CNC1CCCCC1O. The number of aromatic nitrogens is 2. The largest absolute Gasteiger partial charge is 0.392 e. The molecule has 1 aromatic rings. The summed E-state index contributed by atoms with van der Waals surface area (Å²) in [6.07, 6.45) is 6.02. The van der Waals surface area contributed by atoms with E-state index in [1.165, 1.54) is 6.42 Å². The highest BCUT2D eigenvalue weighted by Crippen LogP contribution is 2.18. The van der Waals surface area contributed by atoms with Gasteiger partial charge in [0.25, 0.3) is 0 Å². The molecule has 2 N–H and O–H groups in total. The maximum absolute atomic E-state index is 9.78. The molecule has 2 atom stereocenters. The zero-order valence-electron chi connectivity index (χ0n) is 9.19. The minimum Gasteiger partial charge on any atom is -0.392 e. The Morgan fingerprint density at radius 1 is 1.53 bits per heavy atom. The molecule has 1 aliphatic rings. The van der Waals surface area contributed by atoms with Gasteiger partial charge in [-0.2, -0.15) is 5.10 Å². The van der Waals surface area contributed by atoms with E-state index in [0.29, 0.717) is 0 Å². The highest BCUT2D eigenvalue weighted by atomic mass is 16.3. The Morgan fingerprint density at radius 2 is 2.33 bits per heavy atom. The molecule has 0 amide bonds. The van der Waals surface area contributed by atoms with Crippen molar-refractivity contribution in [1.82, 2.24) is 15.1 Å². The van der Waals surface area contributed by atoms with Crippen LogP contribution in [0.5, 0.6) is 0 Å². The molecule has 84 valence electrons. The molecule has 4 nitrogen and oxygen atoms in total. The van der Waals surface area contributed by atoms with Crippen LogP contribution in [-0.2, 0) is 13.6 Å². The topological polar surface area (TPSA) is 50.1 Å². The third kappa shape index (κ3) is 2.58. The number of rotatable bonds is 3. The van der Waals surface area contributed by atoms with E-state index in [1.807, 2.05) is 17.8 Å². The molecule has 0 radical (unpaired) electrons. The van der Waals surface area contributed by atoms with E-state index in [9.17, 15) is 5.11 Å². The minimum atomic E-state index is -0.174. The van der Waals surface area contributed by atoms with Crippen LogP contribution in [0.1, 0.15) is 31.4 Å². The van der Waals surface area contributed by atoms with Crippen molar-refractivity contribution in [2.45, 2.75) is 44.4 Å². The van der Waals surface area contributed by atoms with Gasteiger partial charge in [-0.05, 0) is 18.9 Å². The van der Waals surface area contributed by atoms with Crippen LogP contribution >= 0.6 is 0 Å². The lowest BCUT2D eigenvalue weighted by atomic mass is 9.92. The van der Waals surface area contributed by atoms with Crippen molar-refractivity contribution in [3.8, 4) is 0 Å². The number of nitrogens with zero attached hydrogens (tertiary/aromatic N) is 2. The van der Waals surface area contributed by atoms with Gasteiger partial charge in [-0.25, -0.2) is 0 Å². The molecule has 0 aromatic carbocycles. The number of nitrogens with one attached hydrogen (secondary N) is 1. The number of aliphatic hydroxyl groups excluding tert-OH is 1. The summed E-state index contributed by atoms with van der Waals surface area (Å²) in [5.74, 6) is 0. The van der Waals surface area contributed by atoms with E-state index in [-0.39, 0.29) is 12.1 Å². The second-order valence-electron chi connectivity index (χ2n) is 4.29. The van der Waals surface area contributed by atoms with Gasteiger partial charge in [-0.3, -0.25) is 4.68 Å². The van der Waals surface area contributed by atoms with Crippen LogP contribution in [0.3, 0.4) is 0 Å². The Morgan fingerprint density at radius 3 is 3.00 bits per heavy atom. The molecule has 0 spiro atoms. The first-order chi connectivity index (χ1) is 7.27. The third-order valence-corrected chi connectivity index (χ3v) is 3.20. The molecule has 2 unspecified atom stereocenters. The van der Waals surface area contributed by atoms with E-state index in [4.69, 9.17) is 0 Å². The predicted molar refractivity (Wildman–Crippen MR) is 58.3 cm³/mol. The average molecular weight is 209 g/mol. The van der Waals surface area contributed by atoms with Gasteiger partial charge in [0.1, 0.15) is 0 Å². The van der Waals surface area contributed by atoms with E-state index in [2.05, 4.69) is 10.4 Å². The maximum Gasteiger partial charge on any atom is 0.0693 e. The van der Waals surface area contributed by atoms with Crippen LogP contribution in [0.15, 0.2) is 12.3 Å². The van der Waals surface area contributed by atoms with Gasteiger partial charge in [0.15, 0.2) is 0 Å². The van der Waals surface area contributed by atoms with Crippen LogP contribution in [0, 0.1) is 0 Å². The van der Waals surface area contributed by atoms with Gasteiger partial charge < -0.3 is 10.4 Å². The van der Waals surface area contributed by atoms with Gasteiger partial charge >= 0.3 is 0 Å². The first-order valence-electron chi connectivity index (χ1n) is 5.65. The zero-order valence-corrected chi connectivity index (χ0v) is 9.19. The summed E-state index contributed by atoms with van der Waals surface area (Å²) in [5, 5.41) is 17.3. The summed E-state index contributed by atoms with van der Waals surface area (Å²) in [4.78, 5) is 0. The quantitative estimate of drug-likeness (QED) is 0.774. The molecule has 1 saturated carbocycles. The number of aryl methyl sites for hydroxylation is 1. The standard InChI is InChI=1S/C11H19N3O/c1-14-9(6-7-13-14)8-12-10-4-2-3-5-11(10)15/h6-7,10-12,15H,2-5,8H2,1H3. The first kappa shape index (κ1) is 10.6. The summed E-state index contributed by atoms with van der Waals surface area (Å²) in [5.41, 5.74) is 1.16. The maximum atomic E-state index is 9.78. The predicted octanol–water partition coefficient (Wildman–Crippen LogP) is 0.813. The zero-order chi connectivity index (χ0) is 10.7. The molecule has 0 saturated heterocycles. The molecule has 4 heteroatoms. The van der Waals surface area contributed by atoms with Gasteiger partial charge in [0.2, 0.25) is 0 Å². The molecule has 1 aliphatic carbocycles. The van der Waals surface area contributed by atoms with Crippen molar-refractivity contribution in [3.63, 3.8) is 0 Å². The Kier molecular flexibility index (Phi) is 3.38. The van der Waals surface area contributed by atoms with E-state index in [0.717, 1.165) is 31.5 Å². The monoisotopic (exact) mass is 209 g/mol. The van der Waals surface area contributed by atoms with Crippen molar-refractivity contribution in [3.05, 3.63) is 18.0 Å². The smallest absolute Gasteiger partial charge is 0.0693 e. The fourth-order valence-corrected chi connectivity index (χ4v) is 2.16. The summed E-state index contributed by atoms with van der Waals surface area (Å²) in [6, 6.07) is 2.26. The van der Waals surface area contributed by atoms with E-state index >= 15 is 0 Å². The molecule has 0 bridgehead atoms. The second kappa shape index (κ2) is 4.77. The fraction of sp³-hybridized carbons (Fsp3) is 0.727. The molecule has 0 aliphatic heterocycles. The molecule has 2 rings (SSSR count). The Labute approximate surface area is 90.3 Å². The molecular weight excluding hydrogens is 190 g/mol. The summed E-state index contributed by atoms with van der Waals surface area (Å²) in [7, 11) is 1.94. The number of hydrogen-bond acceptors (Lipinski definition) is 3. The normalized spacial score (nSPS) is 26.8. The number of aliphatic hydroxyl groups is 1. The Balaban J connectivity index is 1.84. The average Bonchev–Trinajstić information content (AvgIpc) is 2.63. The lowest BCUT2D eigenvalue weighted by molar-refractivity contribution is 0.0899. The highest BCUT2D eigenvalue weighted by Gasteiger charge is 2.22. The van der Waals surface area contributed by atoms with Gasteiger partial charge in [0.05, 0.1) is 11.8 Å². The van der Waals surface area contributed by atoms with Crippen molar-refractivity contribution >= 4 is 0 Å². The summed E-state index contributed by atoms with van der Waals surface area (Å²) in [6.45, 7) is 0.790. The second-order valence-corrected chi connectivity index (χ2v) is 4.29. The minimum absolute atomic E-state index is 0.174. The first-order valence-corrected chi connectivity index (χ1v) is 5.65. The van der Waals surface area contributed by atoms with Crippen molar-refractivity contribution in [2.75, 3.05) is 0 Å². The van der Waals surface area contributed by atoms with Crippen molar-refractivity contribution in [2.24, 2.45) is 7.05 Å². The van der Waals surface area contributed by atoms with Gasteiger partial charge in [0, 0.05) is 25.8 Å².